The van der Waals surface area contributed by atoms with Gasteiger partial charge in [-0.2, -0.15) is 0 Å². The summed E-state index contributed by atoms with van der Waals surface area (Å²) in [6.45, 7) is 1.48. The maximum absolute atomic E-state index is 13.8. The SMILES string of the molecule is Cc1ccc(/C(O)=C2\C(=O)C(=O)N(c3ccccc3CO)C23Sc2ccccc2NC3=O)cc1. The lowest BCUT2D eigenvalue weighted by atomic mass is 9.98. The quantitative estimate of drug-likeness (QED) is 0.304. The number of benzene rings is 3. The first-order valence-electron chi connectivity index (χ1n) is 10.6. The number of carbonyl (C=O) groups excluding carboxylic acids is 3. The number of thioether (sulfide) groups is 1. The molecule has 3 aromatic rings. The second-order valence-electron chi connectivity index (χ2n) is 8.04. The zero-order valence-corrected chi connectivity index (χ0v) is 18.9. The molecule has 1 atom stereocenters. The summed E-state index contributed by atoms with van der Waals surface area (Å²) in [5, 5.41) is 24.0. The fourth-order valence-electron chi connectivity index (χ4n) is 4.27. The van der Waals surface area contributed by atoms with Gasteiger partial charge in [0.15, 0.2) is 0 Å². The predicted octanol–water partition coefficient (Wildman–Crippen LogP) is 3.81. The summed E-state index contributed by atoms with van der Waals surface area (Å²) in [5.74, 6) is -3.02. The van der Waals surface area contributed by atoms with Gasteiger partial charge in [0.2, 0.25) is 4.87 Å². The van der Waals surface area contributed by atoms with Crippen LogP contribution in [-0.2, 0) is 21.0 Å². The van der Waals surface area contributed by atoms with Crippen LogP contribution in [0, 0.1) is 6.92 Å². The number of para-hydroxylation sites is 2. The van der Waals surface area contributed by atoms with Crippen molar-refractivity contribution in [3.05, 3.63) is 95.1 Å². The first kappa shape index (κ1) is 21.9. The van der Waals surface area contributed by atoms with Crippen LogP contribution in [0.4, 0.5) is 11.4 Å². The molecule has 0 saturated carbocycles. The minimum absolute atomic E-state index is 0.220. The number of nitrogens with zero attached hydrogens (tertiary/aromatic N) is 1. The van der Waals surface area contributed by atoms with Gasteiger partial charge in [-0.1, -0.05) is 71.9 Å². The minimum atomic E-state index is -1.91. The van der Waals surface area contributed by atoms with Crippen molar-refractivity contribution in [2.75, 3.05) is 10.2 Å². The molecule has 34 heavy (non-hydrogen) atoms. The Morgan fingerprint density at radius 1 is 0.971 bits per heavy atom. The van der Waals surface area contributed by atoms with Crippen molar-refractivity contribution in [2.24, 2.45) is 0 Å². The van der Waals surface area contributed by atoms with Crippen molar-refractivity contribution in [2.45, 2.75) is 23.3 Å². The Hall–Kier alpha value is -3.88. The molecule has 3 aromatic carbocycles. The predicted molar refractivity (Wildman–Crippen MR) is 129 cm³/mol. The molecule has 2 amide bonds. The van der Waals surface area contributed by atoms with Gasteiger partial charge in [0.25, 0.3) is 11.7 Å². The second-order valence-corrected chi connectivity index (χ2v) is 9.28. The number of aliphatic hydroxyl groups is 2. The van der Waals surface area contributed by atoms with Crippen LogP contribution < -0.4 is 10.2 Å². The number of fused-ring (bicyclic) bond motifs is 1. The van der Waals surface area contributed by atoms with Crippen LogP contribution in [-0.4, -0.2) is 32.7 Å². The summed E-state index contributed by atoms with van der Waals surface area (Å²) >= 11 is 1.01. The highest BCUT2D eigenvalue weighted by molar-refractivity contribution is 8.02. The van der Waals surface area contributed by atoms with Gasteiger partial charge in [0.05, 0.1) is 23.6 Å². The van der Waals surface area contributed by atoms with E-state index in [-0.39, 0.29) is 11.3 Å². The van der Waals surface area contributed by atoms with Gasteiger partial charge in [-0.3, -0.25) is 19.3 Å². The number of ketones is 1. The molecule has 2 heterocycles. The van der Waals surface area contributed by atoms with Crippen molar-refractivity contribution in [1.29, 1.82) is 0 Å². The van der Waals surface area contributed by atoms with Crippen molar-refractivity contribution in [3.8, 4) is 0 Å². The van der Waals surface area contributed by atoms with Crippen LogP contribution in [0.15, 0.2) is 83.3 Å². The molecule has 0 radical (unpaired) electrons. The van der Waals surface area contributed by atoms with Crippen molar-refractivity contribution < 1.29 is 24.6 Å². The Kier molecular flexibility index (Phi) is 5.27. The second kappa shape index (κ2) is 8.16. The molecule has 2 aliphatic rings. The molecule has 1 unspecified atom stereocenters. The largest absolute Gasteiger partial charge is 0.507 e. The lowest BCUT2D eigenvalue weighted by Gasteiger charge is -2.40. The average molecular weight is 473 g/mol. The molecule has 2 aliphatic heterocycles. The Bertz CT molecular complexity index is 1380. The van der Waals surface area contributed by atoms with Gasteiger partial charge in [-0.05, 0) is 25.1 Å². The molecule has 0 aliphatic carbocycles. The van der Waals surface area contributed by atoms with E-state index >= 15 is 0 Å². The van der Waals surface area contributed by atoms with E-state index in [0.29, 0.717) is 21.7 Å². The number of Topliss-reactive ketones (excluding diaryl/α,β-unsaturated/α-hetero) is 1. The van der Waals surface area contributed by atoms with E-state index in [9.17, 15) is 24.6 Å². The average Bonchev–Trinajstić information content (AvgIpc) is 3.06. The fraction of sp³-hybridized carbons (Fsp3) is 0.115. The molecule has 1 fully saturated rings. The maximum Gasteiger partial charge on any atom is 0.301 e. The molecule has 0 aromatic heterocycles. The van der Waals surface area contributed by atoms with Gasteiger partial charge in [-0.15, -0.1) is 0 Å². The Morgan fingerprint density at radius 2 is 1.65 bits per heavy atom. The fourth-order valence-corrected chi connectivity index (χ4v) is 5.67. The number of anilines is 2. The normalized spacial score (nSPS) is 21.0. The van der Waals surface area contributed by atoms with Gasteiger partial charge in [-0.25, -0.2) is 0 Å². The number of amides is 2. The first-order chi connectivity index (χ1) is 16.4. The van der Waals surface area contributed by atoms with E-state index < -0.39 is 34.8 Å². The third-order valence-electron chi connectivity index (χ3n) is 5.94. The van der Waals surface area contributed by atoms with E-state index in [1.54, 1.807) is 72.8 Å². The van der Waals surface area contributed by atoms with E-state index in [1.165, 1.54) is 0 Å². The third kappa shape index (κ3) is 3.14. The number of carbonyl (C=O) groups is 3. The van der Waals surface area contributed by atoms with Crippen molar-refractivity contribution in [3.63, 3.8) is 0 Å². The maximum atomic E-state index is 13.8. The third-order valence-corrected chi connectivity index (χ3v) is 7.39. The van der Waals surface area contributed by atoms with Gasteiger partial charge < -0.3 is 15.5 Å². The molecule has 0 bridgehead atoms. The number of aryl methyl sites for hydroxylation is 1. The summed E-state index contributed by atoms with van der Waals surface area (Å²) in [6.07, 6.45) is 0. The standard InChI is InChI=1S/C26H20N2O5S/c1-15-10-12-16(13-11-15)22(30)21-23(31)24(32)28(19-8-4-2-6-17(19)14-29)26(21)25(33)27-18-7-3-5-9-20(18)34-26/h2-13,29-30H,14H2,1H3,(H,27,33)/b22-21-. The highest BCUT2D eigenvalue weighted by Crippen LogP contribution is 2.54. The van der Waals surface area contributed by atoms with Crippen molar-refractivity contribution >= 4 is 46.5 Å². The van der Waals surface area contributed by atoms with Crippen molar-refractivity contribution in [1.82, 2.24) is 0 Å². The van der Waals surface area contributed by atoms with E-state index in [2.05, 4.69) is 5.32 Å². The highest BCUT2D eigenvalue weighted by atomic mass is 32.2. The summed E-state index contributed by atoms with van der Waals surface area (Å²) in [7, 11) is 0. The van der Waals surface area contributed by atoms with Crippen LogP contribution in [0.1, 0.15) is 16.7 Å². The first-order valence-corrected chi connectivity index (χ1v) is 11.4. The zero-order valence-electron chi connectivity index (χ0n) is 18.1. The van der Waals surface area contributed by atoms with E-state index in [0.717, 1.165) is 22.2 Å². The number of hydrogen-bond acceptors (Lipinski definition) is 6. The number of rotatable bonds is 3. The van der Waals surface area contributed by atoms with E-state index in [4.69, 9.17) is 0 Å². The zero-order chi connectivity index (χ0) is 24.0. The summed E-state index contributed by atoms with van der Waals surface area (Å²) < 4.78 is 0. The number of aliphatic hydroxyl groups excluding tert-OH is 2. The number of hydrogen-bond donors (Lipinski definition) is 3. The molecular formula is C26H20N2O5S. The lowest BCUT2D eigenvalue weighted by molar-refractivity contribution is -0.132. The molecule has 1 saturated heterocycles. The van der Waals surface area contributed by atoms with Crippen LogP contribution in [0.2, 0.25) is 0 Å². The summed E-state index contributed by atoms with van der Waals surface area (Å²) in [4.78, 5) is 40.5. The molecule has 1 spiro atoms. The highest BCUT2D eigenvalue weighted by Gasteiger charge is 2.64. The molecule has 7 nitrogen and oxygen atoms in total. The molecule has 3 N–H and O–H groups in total. The van der Waals surface area contributed by atoms with Gasteiger partial charge in [0, 0.05) is 16.0 Å². The molecular weight excluding hydrogens is 452 g/mol. The smallest absolute Gasteiger partial charge is 0.301 e. The summed E-state index contributed by atoms with van der Waals surface area (Å²) in [6, 6.07) is 20.4. The number of nitrogens with one attached hydrogen (secondary N) is 1. The van der Waals surface area contributed by atoms with Gasteiger partial charge >= 0.3 is 5.91 Å². The summed E-state index contributed by atoms with van der Waals surface area (Å²) in [5.41, 5.74) is 2.07. The Morgan fingerprint density at radius 3 is 2.38 bits per heavy atom. The lowest BCUT2D eigenvalue weighted by Crippen LogP contribution is -2.55. The van der Waals surface area contributed by atoms with Crippen LogP contribution in [0.5, 0.6) is 0 Å². The topological polar surface area (TPSA) is 107 Å². The van der Waals surface area contributed by atoms with Crippen LogP contribution in [0.25, 0.3) is 5.76 Å². The van der Waals surface area contributed by atoms with Crippen LogP contribution >= 0.6 is 11.8 Å². The van der Waals surface area contributed by atoms with Gasteiger partial charge in [0.1, 0.15) is 5.76 Å². The monoisotopic (exact) mass is 472 g/mol. The minimum Gasteiger partial charge on any atom is -0.507 e. The van der Waals surface area contributed by atoms with Crippen LogP contribution in [0.3, 0.4) is 0 Å². The molecule has 5 rings (SSSR count). The molecule has 170 valence electrons. The Labute approximate surface area is 199 Å². The van der Waals surface area contributed by atoms with E-state index in [1.807, 2.05) is 6.92 Å². The Balaban J connectivity index is 1.83. The molecule has 8 heteroatoms.